The number of hydrogen-bond acceptors (Lipinski definition) is 2. The Morgan fingerprint density at radius 2 is 1.33 bits per heavy atom. The normalized spacial score (nSPS) is 104. The van der Waals surface area contributed by atoms with Gasteiger partial charge >= 0.3 is 0 Å². The lowest BCUT2D eigenvalue weighted by Crippen LogP contribution is -2.81. The molecule has 62 valence electrons. The van der Waals surface area contributed by atoms with Gasteiger partial charge in [0.05, 0.1) is 12.2 Å². The molecule has 2 nitrogen and oxygen atoms in total. The molecule has 7 rings (SSSR count). The highest BCUT2D eigenvalue weighted by molar-refractivity contribution is 5.63. The molecule has 2 heteroatoms. The molecule has 0 unspecified atom stereocenters. The van der Waals surface area contributed by atoms with Crippen LogP contribution in [0.2, 0.25) is 0 Å². The smallest absolute Gasteiger partial charge is 0.0678 e. The molecule has 0 aliphatic heterocycles. The second-order valence-corrected chi connectivity index (χ2v) is 6.02. The Morgan fingerprint density at radius 1 is 0.750 bits per heavy atom. The van der Waals surface area contributed by atoms with E-state index in [4.69, 9.17) is 0 Å². The van der Waals surface area contributed by atoms with E-state index in [0.29, 0.717) is 22.7 Å². The Hall–Kier alpha value is -0.0800. The van der Waals surface area contributed by atoms with Gasteiger partial charge < -0.3 is 10.2 Å². The highest BCUT2D eigenvalue weighted by atomic mass is 16.3. The van der Waals surface area contributed by atoms with Crippen molar-refractivity contribution in [1.29, 1.82) is 0 Å². The van der Waals surface area contributed by atoms with Gasteiger partial charge in [0, 0.05) is 10.8 Å². The van der Waals surface area contributed by atoms with Crippen LogP contribution in [0, 0.1) is 46.3 Å². The van der Waals surface area contributed by atoms with Gasteiger partial charge in [-0.3, -0.25) is 0 Å². The van der Waals surface area contributed by atoms with Crippen molar-refractivity contribution in [3.8, 4) is 0 Å². The summed E-state index contributed by atoms with van der Waals surface area (Å²) in [6, 6.07) is 0. The van der Waals surface area contributed by atoms with Gasteiger partial charge in [0.15, 0.2) is 0 Å². The van der Waals surface area contributed by atoms with Crippen molar-refractivity contribution in [2.75, 3.05) is 0 Å². The van der Waals surface area contributed by atoms with Crippen molar-refractivity contribution in [3.05, 3.63) is 0 Å². The first-order chi connectivity index (χ1) is 5.80. The summed E-state index contributed by atoms with van der Waals surface area (Å²) >= 11 is 0. The minimum Gasteiger partial charge on any atom is -0.392 e. The van der Waals surface area contributed by atoms with Crippen LogP contribution in [0.5, 0.6) is 0 Å². The fourth-order valence-electron chi connectivity index (χ4n) is 7.40. The number of rotatable bonds is 0. The zero-order chi connectivity index (χ0) is 7.62. The first-order valence-electron chi connectivity index (χ1n) is 5.17. The lowest BCUT2D eigenvalue weighted by Gasteiger charge is -2.82. The largest absolute Gasteiger partial charge is 0.392 e. The van der Waals surface area contributed by atoms with Crippen LogP contribution in [0.3, 0.4) is 0 Å². The van der Waals surface area contributed by atoms with Crippen LogP contribution in [-0.4, -0.2) is 22.4 Å². The lowest BCUT2D eigenvalue weighted by atomic mass is 9.20. The standard InChI is InChI=1S/C10H10O2/c11-7-2-1-3-5(2)10-6(7)4(1)9(3,10)8(10)12/h1-8,11-12H/t1-,2-,3+,4+,5-,6+,7+,8-,9+,10-/m0/s1. The van der Waals surface area contributed by atoms with Crippen LogP contribution < -0.4 is 0 Å². The summed E-state index contributed by atoms with van der Waals surface area (Å²) < 4.78 is 0. The van der Waals surface area contributed by atoms with Crippen LogP contribution in [0.4, 0.5) is 0 Å². The molecule has 0 radical (unpaired) electrons. The maximum absolute atomic E-state index is 9.95. The molecule has 2 N–H and O–H groups in total. The van der Waals surface area contributed by atoms with E-state index in [0.717, 1.165) is 23.7 Å². The molecule has 0 amide bonds. The maximum atomic E-state index is 9.95. The summed E-state index contributed by atoms with van der Waals surface area (Å²) in [7, 11) is 0. The maximum Gasteiger partial charge on any atom is 0.0678 e. The Bertz CT molecular complexity index is 372. The molecule has 7 aliphatic rings. The highest BCUT2D eigenvalue weighted by Gasteiger charge is 3.17. The topological polar surface area (TPSA) is 40.5 Å². The number of aliphatic hydroxyl groups is 2. The molecule has 7 fully saturated rings. The van der Waals surface area contributed by atoms with Crippen molar-refractivity contribution >= 4 is 0 Å². The minimum absolute atomic E-state index is 0.00553. The Kier molecular flexibility index (Phi) is 0.345. The first-order valence-corrected chi connectivity index (χ1v) is 5.17. The molecule has 12 heavy (non-hydrogen) atoms. The van der Waals surface area contributed by atoms with E-state index in [-0.39, 0.29) is 12.2 Å². The molecule has 0 aromatic rings. The quantitative estimate of drug-likeness (QED) is 0.502. The van der Waals surface area contributed by atoms with Gasteiger partial charge in [-0.25, -0.2) is 0 Å². The minimum atomic E-state index is -0.00553. The van der Waals surface area contributed by atoms with Crippen molar-refractivity contribution in [3.63, 3.8) is 0 Å². The zero-order valence-electron chi connectivity index (χ0n) is 6.51. The highest BCUT2D eigenvalue weighted by Crippen LogP contribution is 3.15. The third-order valence-electron chi connectivity index (χ3n) is 7.00. The predicted octanol–water partition coefficient (Wildman–Crippen LogP) is -0.540. The Balaban J connectivity index is 1.80. The first kappa shape index (κ1) is 4.97. The molecule has 0 saturated heterocycles. The van der Waals surface area contributed by atoms with E-state index in [2.05, 4.69) is 0 Å². The van der Waals surface area contributed by atoms with E-state index in [9.17, 15) is 10.2 Å². The fourth-order valence-corrected chi connectivity index (χ4v) is 7.40. The zero-order valence-corrected chi connectivity index (χ0v) is 6.51. The van der Waals surface area contributed by atoms with Gasteiger partial charge in [-0.1, -0.05) is 0 Å². The molecule has 2 bridgehead atoms. The lowest BCUT2D eigenvalue weighted by molar-refractivity contribution is -0.380. The summed E-state index contributed by atoms with van der Waals surface area (Å²) in [6.45, 7) is 0. The SMILES string of the molecule is O[C@@H]1[C@H]2[C@@H]3[C@@H]4[C@H]1[C@]15[C@@H]2[C@@H]3[C@]41[C@@H]5O. The Morgan fingerprint density at radius 3 is 1.92 bits per heavy atom. The van der Waals surface area contributed by atoms with Crippen LogP contribution >= 0.6 is 0 Å². The second kappa shape index (κ2) is 0.833. The monoisotopic (exact) mass is 162 g/mol. The van der Waals surface area contributed by atoms with E-state index in [1.807, 2.05) is 0 Å². The number of hydrogen-bond donors (Lipinski definition) is 2. The molecule has 2 spiro atoms. The van der Waals surface area contributed by atoms with E-state index in [1.54, 1.807) is 0 Å². The van der Waals surface area contributed by atoms with Gasteiger partial charge in [0.1, 0.15) is 0 Å². The predicted molar refractivity (Wildman–Crippen MR) is 37.8 cm³/mol. The van der Waals surface area contributed by atoms with Crippen LogP contribution in [0.15, 0.2) is 0 Å². The van der Waals surface area contributed by atoms with Crippen LogP contribution in [0.25, 0.3) is 0 Å². The summed E-state index contributed by atoms with van der Waals surface area (Å²) in [5, 5.41) is 19.9. The van der Waals surface area contributed by atoms with Crippen LogP contribution in [0.1, 0.15) is 0 Å². The average Bonchev–Trinajstić information content (AvgIpc) is 2.45. The van der Waals surface area contributed by atoms with Gasteiger partial charge in [-0.05, 0) is 35.5 Å². The molecule has 0 heterocycles. The molecule has 7 saturated carbocycles. The fraction of sp³-hybridized carbons (Fsp3) is 1.00. The summed E-state index contributed by atoms with van der Waals surface area (Å²) in [4.78, 5) is 0. The van der Waals surface area contributed by atoms with Crippen molar-refractivity contribution in [1.82, 2.24) is 0 Å². The van der Waals surface area contributed by atoms with Gasteiger partial charge in [0.2, 0.25) is 0 Å². The van der Waals surface area contributed by atoms with Gasteiger partial charge in [0.25, 0.3) is 0 Å². The second-order valence-electron chi connectivity index (χ2n) is 6.02. The third kappa shape index (κ3) is 0.141. The van der Waals surface area contributed by atoms with E-state index in [1.165, 1.54) is 0 Å². The van der Waals surface area contributed by atoms with Gasteiger partial charge in [-0.2, -0.15) is 0 Å². The molecule has 0 aromatic carbocycles. The summed E-state index contributed by atoms with van der Waals surface area (Å²) in [5.74, 6) is 4.51. The van der Waals surface area contributed by atoms with Crippen LogP contribution in [-0.2, 0) is 0 Å². The van der Waals surface area contributed by atoms with Gasteiger partial charge in [-0.15, -0.1) is 0 Å². The average molecular weight is 162 g/mol. The molecular formula is C10H10O2. The Labute approximate surface area is 69.6 Å². The molecule has 0 aromatic heterocycles. The van der Waals surface area contributed by atoms with Crippen molar-refractivity contribution < 1.29 is 10.2 Å². The number of aliphatic hydroxyl groups excluding tert-OH is 2. The third-order valence-corrected chi connectivity index (χ3v) is 7.00. The molecule has 10 atom stereocenters. The summed E-state index contributed by atoms with van der Waals surface area (Å²) in [5.41, 5.74) is 0.752. The summed E-state index contributed by atoms with van der Waals surface area (Å²) in [6.07, 6.45) is 0.0161. The van der Waals surface area contributed by atoms with E-state index < -0.39 is 0 Å². The van der Waals surface area contributed by atoms with Crippen molar-refractivity contribution in [2.45, 2.75) is 12.2 Å². The van der Waals surface area contributed by atoms with E-state index >= 15 is 0 Å². The molecular weight excluding hydrogens is 152 g/mol. The molecule has 7 aliphatic carbocycles. The van der Waals surface area contributed by atoms with Crippen molar-refractivity contribution in [2.24, 2.45) is 46.3 Å².